The minimum atomic E-state index is -0.00883. The molecule has 6 heteroatoms. The van der Waals surface area contributed by atoms with Gasteiger partial charge in [-0.1, -0.05) is 22.0 Å². The lowest BCUT2D eigenvalue weighted by molar-refractivity contribution is 0.213. The molecule has 2 fully saturated rings. The van der Waals surface area contributed by atoms with E-state index in [1.165, 1.54) is 5.69 Å². The quantitative estimate of drug-likeness (QED) is 0.824. The molecule has 1 atom stereocenters. The Balaban J connectivity index is 1.39. The number of carbonyl (C=O) groups is 1. The number of halogens is 1. The summed E-state index contributed by atoms with van der Waals surface area (Å²) in [6, 6.07) is 8.73. The molecule has 2 aliphatic rings. The lowest BCUT2D eigenvalue weighted by atomic mass is 10.1. The average Bonchev–Trinajstić information content (AvgIpc) is 3.04. The van der Waals surface area contributed by atoms with Crippen molar-refractivity contribution < 1.29 is 4.79 Å². The molecule has 24 heavy (non-hydrogen) atoms. The van der Waals surface area contributed by atoms with Gasteiger partial charge in [0.2, 0.25) is 0 Å². The van der Waals surface area contributed by atoms with Crippen molar-refractivity contribution in [1.29, 1.82) is 0 Å². The monoisotopic (exact) mass is 394 g/mol. The number of anilines is 1. The third kappa shape index (κ3) is 4.86. The lowest BCUT2D eigenvalue weighted by Crippen LogP contribution is -2.48. The Morgan fingerprint density at radius 2 is 2.04 bits per heavy atom. The van der Waals surface area contributed by atoms with Crippen LogP contribution in [0.25, 0.3) is 0 Å². The molecule has 1 aromatic carbocycles. The van der Waals surface area contributed by atoms with Crippen LogP contribution in [-0.4, -0.2) is 56.7 Å². The van der Waals surface area contributed by atoms with Gasteiger partial charge in [0, 0.05) is 35.8 Å². The molecule has 2 aliphatic heterocycles. The fourth-order valence-electron chi connectivity index (χ4n) is 3.53. The Kier molecular flexibility index (Phi) is 6.00. The van der Waals surface area contributed by atoms with E-state index >= 15 is 0 Å². The van der Waals surface area contributed by atoms with Crippen LogP contribution in [0.3, 0.4) is 0 Å². The molecule has 2 saturated heterocycles. The van der Waals surface area contributed by atoms with Crippen LogP contribution in [0.15, 0.2) is 28.7 Å². The topological polar surface area (TPSA) is 47.6 Å². The van der Waals surface area contributed by atoms with Gasteiger partial charge in [-0.05, 0) is 63.5 Å². The molecule has 5 nitrogen and oxygen atoms in total. The number of nitrogens with one attached hydrogen (secondary N) is 2. The number of likely N-dealkylation sites (tertiary alicyclic amines) is 1. The molecule has 132 valence electrons. The zero-order valence-corrected chi connectivity index (χ0v) is 15.9. The van der Waals surface area contributed by atoms with Gasteiger partial charge in [-0.25, -0.2) is 4.79 Å². The van der Waals surface area contributed by atoms with Crippen LogP contribution in [0.5, 0.6) is 0 Å². The summed E-state index contributed by atoms with van der Waals surface area (Å²) in [7, 11) is 2.13. The van der Waals surface area contributed by atoms with Crippen molar-refractivity contribution in [3.63, 3.8) is 0 Å². The molecule has 1 aromatic rings. The molecule has 0 saturated carbocycles. The molecular weight excluding hydrogens is 368 g/mol. The Morgan fingerprint density at radius 3 is 2.79 bits per heavy atom. The number of piperidine rings is 1. The SMILES string of the molecule is CN1CCC(NC(=O)NCC2CCN(c3cccc(Br)c3)C2)CC1. The largest absolute Gasteiger partial charge is 0.371 e. The summed E-state index contributed by atoms with van der Waals surface area (Å²) in [5, 5.41) is 6.18. The van der Waals surface area contributed by atoms with Gasteiger partial charge in [-0.15, -0.1) is 0 Å². The molecule has 2 amide bonds. The fourth-order valence-corrected chi connectivity index (χ4v) is 3.92. The summed E-state index contributed by atoms with van der Waals surface area (Å²) >= 11 is 3.53. The summed E-state index contributed by atoms with van der Waals surface area (Å²) in [4.78, 5) is 16.8. The predicted molar refractivity (Wildman–Crippen MR) is 102 cm³/mol. The highest BCUT2D eigenvalue weighted by Gasteiger charge is 2.24. The lowest BCUT2D eigenvalue weighted by Gasteiger charge is -2.29. The standard InChI is InChI=1S/C18H27BrN4O/c1-22-8-6-16(7-9-22)21-18(24)20-12-14-5-10-23(13-14)17-4-2-3-15(19)11-17/h2-4,11,14,16H,5-10,12-13H2,1H3,(H2,20,21,24). The van der Waals surface area contributed by atoms with Gasteiger partial charge >= 0.3 is 6.03 Å². The van der Waals surface area contributed by atoms with Gasteiger partial charge in [-0.3, -0.25) is 0 Å². The van der Waals surface area contributed by atoms with Gasteiger partial charge in [0.05, 0.1) is 0 Å². The van der Waals surface area contributed by atoms with E-state index in [1.807, 2.05) is 6.07 Å². The van der Waals surface area contributed by atoms with E-state index in [0.717, 1.165) is 56.5 Å². The molecule has 0 spiro atoms. The Morgan fingerprint density at radius 1 is 1.25 bits per heavy atom. The van der Waals surface area contributed by atoms with Gasteiger partial charge in [0.25, 0.3) is 0 Å². The van der Waals surface area contributed by atoms with Crippen molar-refractivity contribution in [2.24, 2.45) is 5.92 Å². The molecule has 3 rings (SSSR count). The number of rotatable bonds is 4. The second-order valence-electron chi connectivity index (χ2n) is 7.01. The number of hydrogen-bond donors (Lipinski definition) is 2. The summed E-state index contributed by atoms with van der Waals surface area (Å²) in [6.45, 7) is 4.94. The van der Waals surface area contributed by atoms with Crippen LogP contribution in [-0.2, 0) is 0 Å². The second-order valence-corrected chi connectivity index (χ2v) is 7.93. The Hall–Kier alpha value is -1.27. The van der Waals surface area contributed by atoms with Crippen LogP contribution in [0.4, 0.5) is 10.5 Å². The minimum Gasteiger partial charge on any atom is -0.371 e. The molecule has 1 unspecified atom stereocenters. The van der Waals surface area contributed by atoms with Crippen LogP contribution in [0, 0.1) is 5.92 Å². The average molecular weight is 395 g/mol. The van der Waals surface area contributed by atoms with Gasteiger partial charge in [0.15, 0.2) is 0 Å². The van der Waals surface area contributed by atoms with E-state index in [9.17, 15) is 4.79 Å². The maximum atomic E-state index is 12.1. The number of hydrogen-bond acceptors (Lipinski definition) is 3. The van der Waals surface area contributed by atoms with Crippen LogP contribution in [0.2, 0.25) is 0 Å². The second kappa shape index (κ2) is 8.21. The summed E-state index contributed by atoms with van der Waals surface area (Å²) in [5.41, 5.74) is 1.25. The number of amides is 2. The smallest absolute Gasteiger partial charge is 0.315 e. The van der Waals surface area contributed by atoms with Crippen molar-refractivity contribution in [2.75, 3.05) is 44.7 Å². The van der Waals surface area contributed by atoms with Gasteiger partial charge in [0.1, 0.15) is 0 Å². The molecular formula is C18H27BrN4O. The highest BCUT2D eigenvalue weighted by atomic mass is 79.9. The molecule has 2 heterocycles. The van der Waals surface area contributed by atoms with Crippen molar-refractivity contribution in [3.05, 3.63) is 28.7 Å². The molecule has 2 N–H and O–H groups in total. The molecule has 0 radical (unpaired) electrons. The van der Waals surface area contributed by atoms with Crippen molar-refractivity contribution in [2.45, 2.75) is 25.3 Å². The number of urea groups is 1. The highest BCUT2D eigenvalue weighted by molar-refractivity contribution is 9.10. The first-order chi connectivity index (χ1) is 11.6. The van der Waals surface area contributed by atoms with E-state index in [2.05, 4.69) is 61.6 Å². The van der Waals surface area contributed by atoms with E-state index in [0.29, 0.717) is 12.0 Å². The summed E-state index contributed by atoms with van der Waals surface area (Å²) in [5.74, 6) is 0.521. The number of benzene rings is 1. The first kappa shape index (κ1) is 17.5. The molecule has 0 aromatic heterocycles. The van der Waals surface area contributed by atoms with E-state index in [4.69, 9.17) is 0 Å². The molecule has 0 bridgehead atoms. The Labute approximate surface area is 152 Å². The zero-order valence-electron chi connectivity index (χ0n) is 14.3. The fraction of sp³-hybridized carbons (Fsp3) is 0.611. The summed E-state index contributed by atoms with van der Waals surface area (Å²) < 4.78 is 1.11. The first-order valence-electron chi connectivity index (χ1n) is 8.83. The number of carbonyl (C=O) groups excluding carboxylic acids is 1. The zero-order chi connectivity index (χ0) is 16.9. The maximum absolute atomic E-state index is 12.1. The van der Waals surface area contributed by atoms with Crippen LogP contribution >= 0.6 is 15.9 Å². The van der Waals surface area contributed by atoms with E-state index < -0.39 is 0 Å². The van der Waals surface area contributed by atoms with E-state index in [-0.39, 0.29) is 6.03 Å². The van der Waals surface area contributed by atoms with Crippen LogP contribution in [0.1, 0.15) is 19.3 Å². The van der Waals surface area contributed by atoms with Gasteiger partial charge in [-0.2, -0.15) is 0 Å². The number of nitrogens with zero attached hydrogens (tertiary/aromatic N) is 2. The maximum Gasteiger partial charge on any atom is 0.315 e. The minimum absolute atomic E-state index is 0.00883. The first-order valence-corrected chi connectivity index (χ1v) is 9.63. The predicted octanol–water partition coefficient (Wildman–Crippen LogP) is 2.67. The van der Waals surface area contributed by atoms with Crippen molar-refractivity contribution in [1.82, 2.24) is 15.5 Å². The molecule has 0 aliphatic carbocycles. The Bertz CT molecular complexity index is 560. The van der Waals surface area contributed by atoms with Crippen molar-refractivity contribution in [3.8, 4) is 0 Å². The van der Waals surface area contributed by atoms with Gasteiger partial charge < -0.3 is 20.4 Å². The normalized spacial score (nSPS) is 22.6. The third-order valence-electron chi connectivity index (χ3n) is 5.06. The van der Waals surface area contributed by atoms with Crippen LogP contribution < -0.4 is 15.5 Å². The van der Waals surface area contributed by atoms with Crippen molar-refractivity contribution >= 4 is 27.6 Å². The highest BCUT2D eigenvalue weighted by Crippen LogP contribution is 2.25. The van der Waals surface area contributed by atoms with E-state index in [1.54, 1.807) is 0 Å². The summed E-state index contributed by atoms with van der Waals surface area (Å²) in [6.07, 6.45) is 3.22. The third-order valence-corrected chi connectivity index (χ3v) is 5.56.